The molecule has 0 fully saturated rings. The summed E-state index contributed by atoms with van der Waals surface area (Å²) in [5.74, 6) is 0.999. The fraction of sp³-hybridized carbons (Fsp3) is 0.949. The number of esters is 4. The van der Waals surface area contributed by atoms with Crippen molar-refractivity contribution in [1.29, 1.82) is 0 Å². The molecule has 3 N–H and O–H groups in total. The number of unbranched alkanes of at least 4 members (excludes halogenated alkanes) is 39. The lowest BCUT2D eigenvalue weighted by Crippen LogP contribution is -2.30. The molecule has 98 heavy (non-hydrogen) atoms. The van der Waals surface area contributed by atoms with Crippen LogP contribution in [0.3, 0.4) is 0 Å². The summed E-state index contributed by atoms with van der Waals surface area (Å²) < 4.78 is 68.6. The van der Waals surface area contributed by atoms with Crippen LogP contribution in [0.4, 0.5) is 0 Å². The monoisotopic (exact) mass is 1440 g/mol. The largest absolute Gasteiger partial charge is 0.472 e. The first-order chi connectivity index (χ1) is 47.2. The number of phosphoric ester groups is 2. The SMILES string of the molecule is CCC(C)CCCCCCCCCCCCCCCCCCCCC(=O)O[C@H](COC(=O)CCCCCCCCC(C)CC)COP(=O)(O)OC[C@@H](O)COP(=O)(O)OC[C@@H](COC(=O)CCCCCCCCC(C)CC)OC(=O)CCCCCCCCCCCCCCCC(C)C. The second-order valence-electron chi connectivity index (χ2n) is 29.7. The minimum Gasteiger partial charge on any atom is -0.462 e. The van der Waals surface area contributed by atoms with E-state index < -0.39 is 97.5 Å². The molecule has 0 rings (SSSR count). The first kappa shape index (κ1) is 96.1. The third kappa shape index (κ3) is 68.5. The predicted octanol–water partition coefficient (Wildman–Crippen LogP) is 23.2. The van der Waals surface area contributed by atoms with Gasteiger partial charge in [-0.3, -0.25) is 37.3 Å². The average Bonchev–Trinajstić information content (AvgIpc) is 1.34. The Morgan fingerprint density at radius 1 is 0.286 bits per heavy atom. The summed E-state index contributed by atoms with van der Waals surface area (Å²) in [5, 5.41) is 10.6. The highest BCUT2D eigenvalue weighted by Crippen LogP contribution is 2.45. The van der Waals surface area contributed by atoms with Crippen molar-refractivity contribution in [2.75, 3.05) is 39.6 Å². The van der Waals surface area contributed by atoms with Gasteiger partial charge < -0.3 is 33.8 Å². The van der Waals surface area contributed by atoms with Crippen LogP contribution in [0.15, 0.2) is 0 Å². The van der Waals surface area contributed by atoms with Gasteiger partial charge in [-0.05, 0) is 49.4 Å². The Balaban J connectivity index is 5.17. The Morgan fingerprint density at radius 2 is 0.490 bits per heavy atom. The lowest BCUT2D eigenvalue weighted by Gasteiger charge is -2.21. The van der Waals surface area contributed by atoms with E-state index in [1.807, 2.05) is 0 Å². The fourth-order valence-electron chi connectivity index (χ4n) is 12.0. The zero-order valence-electron chi connectivity index (χ0n) is 64.4. The van der Waals surface area contributed by atoms with Crippen LogP contribution >= 0.6 is 15.6 Å². The van der Waals surface area contributed by atoms with Gasteiger partial charge in [0.15, 0.2) is 12.2 Å². The maximum atomic E-state index is 13.1. The maximum Gasteiger partial charge on any atom is 0.472 e. The average molecular weight is 1440 g/mol. The van der Waals surface area contributed by atoms with Crippen LogP contribution in [0, 0.1) is 23.7 Å². The number of aliphatic hydroxyl groups excluding tert-OH is 1. The molecule has 19 heteroatoms. The van der Waals surface area contributed by atoms with Gasteiger partial charge in [-0.1, -0.05) is 351 Å². The number of carbonyl (C=O) groups is 4. The zero-order valence-corrected chi connectivity index (χ0v) is 66.2. The molecule has 0 aliphatic rings. The van der Waals surface area contributed by atoms with Gasteiger partial charge in [0.05, 0.1) is 26.4 Å². The molecule has 0 amide bonds. The molecule has 0 aliphatic heterocycles. The van der Waals surface area contributed by atoms with Crippen molar-refractivity contribution in [3.8, 4) is 0 Å². The smallest absolute Gasteiger partial charge is 0.462 e. The lowest BCUT2D eigenvalue weighted by molar-refractivity contribution is -0.161. The van der Waals surface area contributed by atoms with E-state index >= 15 is 0 Å². The molecule has 17 nitrogen and oxygen atoms in total. The van der Waals surface area contributed by atoms with Gasteiger partial charge >= 0.3 is 39.5 Å². The van der Waals surface area contributed by atoms with Crippen LogP contribution in [0.5, 0.6) is 0 Å². The highest BCUT2D eigenvalue weighted by Gasteiger charge is 2.30. The standard InChI is InChI=1S/C79H154O17P2/c1-9-70(6)56-48-40-32-28-24-20-16-14-12-13-15-17-21-25-29-33-45-53-61-78(83)95-74(65-89-76(81)59-51-43-37-35-41-49-57-71(7)10-2)67-93-97(85,86)91-63-73(80)64-92-98(87,88)94-68-75(66-90-77(82)60-52-44-38-36-42-50-58-72(8)11-3)96-79(84)62-54-46-34-30-26-22-18-19-23-27-31-39-47-55-69(4)5/h69-75,80H,9-68H2,1-8H3,(H,85,86)(H,87,88)/t70?,71?,72?,73-,74-,75-/m1/s1. The lowest BCUT2D eigenvalue weighted by atomic mass is 9.99. The third-order valence-corrected chi connectivity index (χ3v) is 21.3. The molecule has 0 heterocycles. The second kappa shape index (κ2) is 68.2. The van der Waals surface area contributed by atoms with Crippen LogP contribution < -0.4 is 0 Å². The molecule has 5 unspecified atom stereocenters. The number of phosphoric acid groups is 2. The van der Waals surface area contributed by atoms with Crippen LogP contribution in [-0.2, 0) is 65.4 Å². The van der Waals surface area contributed by atoms with E-state index in [1.54, 1.807) is 0 Å². The molecular formula is C79H154O17P2. The maximum absolute atomic E-state index is 13.1. The van der Waals surface area contributed by atoms with E-state index in [0.717, 1.165) is 126 Å². The van der Waals surface area contributed by atoms with Crippen molar-refractivity contribution in [2.45, 2.75) is 420 Å². The van der Waals surface area contributed by atoms with Crippen molar-refractivity contribution in [3.63, 3.8) is 0 Å². The first-order valence-electron chi connectivity index (χ1n) is 40.8. The van der Waals surface area contributed by atoms with E-state index in [2.05, 4.69) is 55.4 Å². The Morgan fingerprint density at radius 3 is 0.724 bits per heavy atom. The summed E-state index contributed by atoms with van der Waals surface area (Å²) in [7, 11) is -9.92. The summed E-state index contributed by atoms with van der Waals surface area (Å²) >= 11 is 0. The third-order valence-electron chi connectivity index (χ3n) is 19.4. The summed E-state index contributed by atoms with van der Waals surface area (Å²) in [6.07, 6.45) is 54.2. The van der Waals surface area contributed by atoms with Gasteiger partial charge in [0, 0.05) is 25.7 Å². The summed E-state index contributed by atoms with van der Waals surface area (Å²) in [4.78, 5) is 72.9. The number of ether oxygens (including phenoxy) is 4. The molecule has 0 bridgehead atoms. The molecule has 0 aliphatic carbocycles. The van der Waals surface area contributed by atoms with Crippen LogP contribution in [0.2, 0.25) is 0 Å². The van der Waals surface area contributed by atoms with Crippen molar-refractivity contribution in [2.24, 2.45) is 23.7 Å². The minimum absolute atomic E-state index is 0.106. The molecule has 582 valence electrons. The molecule has 0 aromatic heterocycles. The topological polar surface area (TPSA) is 237 Å². The van der Waals surface area contributed by atoms with Crippen molar-refractivity contribution < 1.29 is 80.2 Å². The first-order valence-corrected chi connectivity index (χ1v) is 43.8. The summed E-state index contributed by atoms with van der Waals surface area (Å²) in [6.45, 7) is 14.2. The molecule has 0 saturated heterocycles. The van der Waals surface area contributed by atoms with Crippen molar-refractivity contribution >= 4 is 39.5 Å². The number of hydrogen-bond acceptors (Lipinski definition) is 15. The van der Waals surface area contributed by atoms with Gasteiger partial charge in [0.25, 0.3) is 0 Å². The van der Waals surface area contributed by atoms with E-state index in [4.69, 9.17) is 37.0 Å². The Labute approximate surface area is 600 Å². The van der Waals surface area contributed by atoms with E-state index in [0.29, 0.717) is 25.7 Å². The number of aliphatic hydroxyl groups is 1. The Bertz CT molecular complexity index is 1930. The molecule has 8 atom stereocenters. The summed E-state index contributed by atoms with van der Waals surface area (Å²) in [6, 6.07) is 0. The Hall–Kier alpha value is -1.94. The highest BCUT2D eigenvalue weighted by atomic mass is 31.2. The van der Waals surface area contributed by atoms with E-state index in [9.17, 15) is 43.2 Å². The molecular weight excluding hydrogens is 1280 g/mol. The van der Waals surface area contributed by atoms with Crippen molar-refractivity contribution in [3.05, 3.63) is 0 Å². The molecule has 0 aromatic rings. The van der Waals surface area contributed by atoms with Gasteiger partial charge in [-0.15, -0.1) is 0 Å². The van der Waals surface area contributed by atoms with Crippen LogP contribution in [0.25, 0.3) is 0 Å². The highest BCUT2D eigenvalue weighted by molar-refractivity contribution is 7.47. The number of hydrogen-bond donors (Lipinski definition) is 3. The number of rotatable bonds is 76. The van der Waals surface area contributed by atoms with Crippen molar-refractivity contribution in [1.82, 2.24) is 0 Å². The predicted molar refractivity (Wildman–Crippen MR) is 400 cm³/mol. The molecule has 0 spiro atoms. The summed E-state index contributed by atoms with van der Waals surface area (Å²) in [5.41, 5.74) is 0. The van der Waals surface area contributed by atoms with E-state index in [-0.39, 0.29) is 25.7 Å². The molecule has 0 saturated carbocycles. The molecule has 0 aromatic carbocycles. The van der Waals surface area contributed by atoms with Gasteiger partial charge in [0.2, 0.25) is 0 Å². The quantitative estimate of drug-likeness (QED) is 0.0222. The van der Waals surface area contributed by atoms with Gasteiger partial charge in [0.1, 0.15) is 19.3 Å². The molecule has 0 radical (unpaired) electrons. The number of carbonyl (C=O) groups excluding carboxylic acids is 4. The van der Waals surface area contributed by atoms with Crippen LogP contribution in [-0.4, -0.2) is 96.7 Å². The fourth-order valence-corrected chi connectivity index (χ4v) is 13.6. The minimum atomic E-state index is -4.96. The second-order valence-corrected chi connectivity index (χ2v) is 32.6. The van der Waals surface area contributed by atoms with Gasteiger partial charge in [-0.2, -0.15) is 0 Å². The van der Waals surface area contributed by atoms with Crippen LogP contribution in [0.1, 0.15) is 402 Å². The Kier molecular flexibility index (Phi) is 66.8. The van der Waals surface area contributed by atoms with Gasteiger partial charge in [-0.25, -0.2) is 9.13 Å². The zero-order chi connectivity index (χ0) is 72.4. The normalized spacial score (nSPS) is 14.9. The van der Waals surface area contributed by atoms with E-state index in [1.165, 1.54) is 193 Å².